The molecular formula is C27H47FN2. The number of nitrogens with zero attached hydrogens (tertiary/aromatic N) is 1. The Morgan fingerprint density at radius 2 is 1.97 bits per heavy atom. The van der Waals surface area contributed by atoms with Crippen LogP contribution in [-0.4, -0.2) is 42.8 Å². The van der Waals surface area contributed by atoms with Gasteiger partial charge in [0.15, 0.2) is 0 Å². The van der Waals surface area contributed by atoms with Crippen LogP contribution < -0.4 is 5.32 Å². The SMILES string of the molecule is C=C/C(=C\C=C/CC(CN1CCNC(CC)C1)C1(C)CCCCCC1)CC(C)(C)F. The van der Waals surface area contributed by atoms with E-state index in [0.29, 0.717) is 23.8 Å². The highest BCUT2D eigenvalue weighted by molar-refractivity contribution is 5.23. The van der Waals surface area contributed by atoms with Gasteiger partial charge >= 0.3 is 0 Å². The number of alkyl halides is 1. The van der Waals surface area contributed by atoms with Crippen LogP contribution in [0, 0.1) is 11.3 Å². The fraction of sp³-hybridized carbons (Fsp3) is 0.778. The van der Waals surface area contributed by atoms with Gasteiger partial charge in [0.05, 0.1) is 0 Å². The van der Waals surface area contributed by atoms with Crippen LogP contribution in [0.1, 0.15) is 85.5 Å². The van der Waals surface area contributed by atoms with Crippen LogP contribution in [0.5, 0.6) is 0 Å². The Kier molecular flexibility index (Phi) is 10.3. The highest BCUT2D eigenvalue weighted by Gasteiger charge is 2.35. The lowest BCUT2D eigenvalue weighted by Gasteiger charge is -2.42. The molecular weight excluding hydrogens is 371 g/mol. The summed E-state index contributed by atoms with van der Waals surface area (Å²) in [5, 5.41) is 3.66. The van der Waals surface area contributed by atoms with Crippen molar-refractivity contribution in [3.05, 3.63) is 36.5 Å². The molecule has 1 aliphatic carbocycles. The zero-order valence-electron chi connectivity index (χ0n) is 20.2. The van der Waals surface area contributed by atoms with Crippen LogP contribution in [0.25, 0.3) is 0 Å². The van der Waals surface area contributed by atoms with Crippen LogP contribution in [-0.2, 0) is 0 Å². The van der Waals surface area contributed by atoms with Crippen LogP contribution in [0.2, 0.25) is 0 Å². The van der Waals surface area contributed by atoms with E-state index in [2.05, 4.69) is 48.9 Å². The molecule has 0 bridgehead atoms. The number of rotatable bonds is 10. The molecule has 1 heterocycles. The maximum Gasteiger partial charge on any atom is 0.109 e. The summed E-state index contributed by atoms with van der Waals surface area (Å²) in [6.45, 7) is 16.6. The monoisotopic (exact) mass is 418 g/mol. The maximum absolute atomic E-state index is 14.0. The molecule has 1 saturated carbocycles. The topological polar surface area (TPSA) is 15.3 Å². The highest BCUT2D eigenvalue weighted by atomic mass is 19.1. The number of hydrogen-bond acceptors (Lipinski definition) is 2. The van der Waals surface area contributed by atoms with Crippen molar-refractivity contribution in [2.24, 2.45) is 11.3 Å². The van der Waals surface area contributed by atoms with E-state index in [0.717, 1.165) is 18.5 Å². The number of halogens is 1. The van der Waals surface area contributed by atoms with Crippen molar-refractivity contribution in [3.63, 3.8) is 0 Å². The summed E-state index contributed by atoms with van der Waals surface area (Å²) >= 11 is 0. The highest BCUT2D eigenvalue weighted by Crippen LogP contribution is 2.43. The quantitative estimate of drug-likeness (QED) is 0.308. The minimum absolute atomic E-state index is 0.418. The fourth-order valence-electron chi connectivity index (χ4n) is 5.29. The first-order valence-electron chi connectivity index (χ1n) is 12.4. The van der Waals surface area contributed by atoms with Gasteiger partial charge in [0.25, 0.3) is 0 Å². The molecule has 0 aromatic carbocycles. The first-order valence-corrected chi connectivity index (χ1v) is 12.4. The van der Waals surface area contributed by atoms with Gasteiger partial charge in [0.1, 0.15) is 5.67 Å². The normalized spacial score (nSPS) is 25.2. The molecule has 0 amide bonds. The molecule has 1 N–H and O–H groups in total. The molecule has 2 unspecified atom stereocenters. The maximum atomic E-state index is 14.0. The van der Waals surface area contributed by atoms with Crippen LogP contribution in [0.15, 0.2) is 36.5 Å². The molecule has 30 heavy (non-hydrogen) atoms. The molecule has 0 aromatic rings. The van der Waals surface area contributed by atoms with Crippen molar-refractivity contribution in [2.45, 2.75) is 97.2 Å². The summed E-state index contributed by atoms with van der Waals surface area (Å²) in [5.74, 6) is 0.681. The molecule has 3 heteroatoms. The van der Waals surface area contributed by atoms with Crippen molar-refractivity contribution >= 4 is 0 Å². The summed E-state index contributed by atoms with van der Waals surface area (Å²) in [6.07, 6.45) is 19.3. The van der Waals surface area contributed by atoms with Gasteiger partial charge in [0, 0.05) is 38.6 Å². The van der Waals surface area contributed by atoms with Crippen LogP contribution >= 0.6 is 0 Å². The lowest BCUT2D eigenvalue weighted by molar-refractivity contribution is 0.0875. The van der Waals surface area contributed by atoms with Crippen molar-refractivity contribution in [1.29, 1.82) is 0 Å². The molecule has 2 nitrogen and oxygen atoms in total. The first kappa shape index (κ1) is 25.3. The number of allylic oxidation sites excluding steroid dienone is 5. The largest absolute Gasteiger partial charge is 0.311 e. The molecule has 1 saturated heterocycles. The van der Waals surface area contributed by atoms with Crippen molar-refractivity contribution in [2.75, 3.05) is 26.2 Å². The third-order valence-electron chi connectivity index (χ3n) is 7.30. The summed E-state index contributed by atoms with van der Waals surface area (Å²) in [7, 11) is 0. The van der Waals surface area contributed by atoms with E-state index < -0.39 is 5.67 Å². The zero-order chi connectivity index (χ0) is 22.0. The van der Waals surface area contributed by atoms with Gasteiger partial charge in [-0.15, -0.1) is 0 Å². The van der Waals surface area contributed by atoms with Gasteiger partial charge < -0.3 is 10.2 Å². The van der Waals surface area contributed by atoms with E-state index in [9.17, 15) is 4.39 Å². The third kappa shape index (κ3) is 8.67. The summed E-state index contributed by atoms with van der Waals surface area (Å²) in [5.41, 5.74) is 0.214. The fourth-order valence-corrected chi connectivity index (χ4v) is 5.29. The second kappa shape index (κ2) is 12.2. The molecule has 172 valence electrons. The number of piperazine rings is 1. The Morgan fingerprint density at radius 3 is 2.57 bits per heavy atom. The molecule has 2 rings (SSSR count). The van der Waals surface area contributed by atoms with Gasteiger partial charge in [-0.3, -0.25) is 0 Å². The van der Waals surface area contributed by atoms with Crippen LogP contribution in [0.3, 0.4) is 0 Å². The molecule has 2 fully saturated rings. The second-order valence-electron chi connectivity index (χ2n) is 10.6. The molecule has 1 aliphatic heterocycles. The zero-order valence-corrected chi connectivity index (χ0v) is 20.2. The van der Waals surface area contributed by atoms with E-state index in [1.165, 1.54) is 64.6 Å². The van der Waals surface area contributed by atoms with E-state index in [-0.39, 0.29) is 0 Å². The number of nitrogens with one attached hydrogen (secondary N) is 1. The van der Waals surface area contributed by atoms with Gasteiger partial charge in [-0.2, -0.15) is 0 Å². The smallest absolute Gasteiger partial charge is 0.109 e. The second-order valence-corrected chi connectivity index (χ2v) is 10.6. The molecule has 0 radical (unpaired) electrons. The average molecular weight is 419 g/mol. The van der Waals surface area contributed by atoms with Gasteiger partial charge in [0.2, 0.25) is 0 Å². The Bertz CT molecular complexity index is 564. The predicted molar refractivity (Wildman–Crippen MR) is 130 cm³/mol. The van der Waals surface area contributed by atoms with E-state index in [1.807, 2.05) is 0 Å². The molecule has 0 aromatic heterocycles. The Labute approximate surface area is 186 Å². The molecule has 0 spiro atoms. The number of hydrogen-bond donors (Lipinski definition) is 1. The summed E-state index contributed by atoms with van der Waals surface area (Å²) in [4.78, 5) is 2.70. The van der Waals surface area contributed by atoms with E-state index in [1.54, 1.807) is 19.9 Å². The standard InChI is InChI=1S/C27H47FN2/c1-6-23(20-26(3,4)28)14-10-11-15-24(27(5)16-12-8-9-13-17-27)21-30-19-18-29-25(7-2)22-30/h6,10-11,14,24-25,29H,1,7-9,12-13,15-22H2,2-5H3/b11-10-,23-14+. The first-order chi connectivity index (χ1) is 14.3. The minimum atomic E-state index is -1.19. The van der Waals surface area contributed by atoms with Crippen molar-refractivity contribution in [1.82, 2.24) is 10.2 Å². The van der Waals surface area contributed by atoms with Gasteiger partial charge in [-0.1, -0.05) is 70.4 Å². The Hall–Kier alpha value is -0.930. The average Bonchev–Trinajstić information content (AvgIpc) is 2.93. The third-order valence-corrected chi connectivity index (χ3v) is 7.30. The van der Waals surface area contributed by atoms with E-state index in [4.69, 9.17) is 0 Å². The Balaban J connectivity index is 2.07. The van der Waals surface area contributed by atoms with Crippen LogP contribution in [0.4, 0.5) is 4.39 Å². The summed E-state index contributed by atoms with van der Waals surface area (Å²) < 4.78 is 14.0. The predicted octanol–water partition coefficient (Wildman–Crippen LogP) is 6.84. The van der Waals surface area contributed by atoms with E-state index >= 15 is 0 Å². The van der Waals surface area contributed by atoms with Gasteiger partial charge in [-0.05, 0) is 56.4 Å². The van der Waals surface area contributed by atoms with Crippen molar-refractivity contribution in [3.8, 4) is 0 Å². The van der Waals surface area contributed by atoms with Gasteiger partial charge in [-0.25, -0.2) is 4.39 Å². The minimum Gasteiger partial charge on any atom is -0.311 e. The lowest BCUT2D eigenvalue weighted by Crippen LogP contribution is -2.52. The molecule has 2 aliphatic rings. The molecule has 2 atom stereocenters. The lowest BCUT2D eigenvalue weighted by atomic mass is 9.69. The summed E-state index contributed by atoms with van der Waals surface area (Å²) in [6, 6.07) is 0.638. The Morgan fingerprint density at radius 1 is 1.27 bits per heavy atom. The van der Waals surface area contributed by atoms with Crippen molar-refractivity contribution < 1.29 is 4.39 Å².